The lowest BCUT2D eigenvalue weighted by Crippen LogP contribution is -2.48. The zero-order valence-electron chi connectivity index (χ0n) is 11.6. The van der Waals surface area contributed by atoms with Crippen molar-refractivity contribution in [3.05, 3.63) is 29.6 Å². The van der Waals surface area contributed by atoms with Gasteiger partial charge in [0.05, 0.1) is 7.11 Å². The van der Waals surface area contributed by atoms with Crippen molar-refractivity contribution < 1.29 is 13.9 Å². The SMILES string of the molecule is COc1cc(C(=O)NC2CCNCC2C)ccc1F.Cl. The van der Waals surface area contributed by atoms with E-state index in [1.54, 1.807) is 0 Å². The Kier molecular flexibility index (Phi) is 6.23. The number of amides is 1. The molecule has 1 aromatic carbocycles. The first-order chi connectivity index (χ1) is 9.11. The predicted molar refractivity (Wildman–Crippen MR) is 78.1 cm³/mol. The molecule has 1 amide bonds. The molecule has 1 saturated heterocycles. The normalized spacial score (nSPS) is 21.8. The van der Waals surface area contributed by atoms with Crippen molar-refractivity contribution in [2.45, 2.75) is 19.4 Å². The highest BCUT2D eigenvalue weighted by Crippen LogP contribution is 2.19. The van der Waals surface area contributed by atoms with E-state index in [4.69, 9.17) is 4.74 Å². The van der Waals surface area contributed by atoms with E-state index in [0.717, 1.165) is 19.5 Å². The molecule has 0 radical (unpaired) electrons. The first-order valence-corrected chi connectivity index (χ1v) is 6.47. The zero-order valence-corrected chi connectivity index (χ0v) is 12.4. The minimum absolute atomic E-state index is 0. The molecular weight excluding hydrogens is 283 g/mol. The van der Waals surface area contributed by atoms with Gasteiger partial charge in [-0.15, -0.1) is 12.4 Å². The number of carbonyl (C=O) groups is 1. The van der Waals surface area contributed by atoms with Crippen molar-refractivity contribution in [1.82, 2.24) is 10.6 Å². The van der Waals surface area contributed by atoms with Crippen LogP contribution in [0.2, 0.25) is 0 Å². The molecule has 1 aliphatic rings. The Labute approximate surface area is 124 Å². The highest BCUT2D eigenvalue weighted by molar-refractivity contribution is 5.94. The molecule has 0 bridgehead atoms. The van der Waals surface area contributed by atoms with Crippen molar-refractivity contribution >= 4 is 18.3 Å². The van der Waals surface area contributed by atoms with Gasteiger partial charge in [0.2, 0.25) is 0 Å². The minimum Gasteiger partial charge on any atom is -0.494 e. The molecule has 112 valence electrons. The number of benzene rings is 1. The van der Waals surface area contributed by atoms with E-state index in [0.29, 0.717) is 11.5 Å². The lowest BCUT2D eigenvalue weighted by molar-refractivity contribution is 0.0914. The Morgan fingerprint density at radius 3 is 2.90 bits per heavy atom. The van der Waals surface area contributed by atoms with Gasteiger partial charge in [0, 0.05) is 11.6 Å². The van der Waals surface area contributed by atoms with Crippen molar-refractivity contribution in [2.75, 3.05) is 20.2 Å². The first-order valence-electron chi connectivity index (χ1n) is 6.47. The third kappa shape index (κ3) is 3.84. The number of rotatable bonds is 3. The first kappa shape index (κ1) is 16.7. The van der Waals surface area contributed by atoms with Crippen LogP contribution in [0.15, 0.2) is 18.2 Å². The summed E-state index contributed by atoms with van der Waals surface area (Å²) in [6.45, 7) is 3.90. The van der Waals surface area contributed by atoms with E-state index >= 15 is 0 Å². The number of hydrogen-bond acceptors (Lipinski definition) is 3. The molecule has 1 fully saturated rings. The van der Waals surface area contributed by atoms with E-state index in [1.807, 2.05) is 0 Å². The van der Waals surface area contributed by atoms with E-state index < -0.39 is 5.82 Å². The van der Waals surface area contributed by atoms with Crippen LogP contribution in [0.1, 0.15) is 23.7 Å². The third-order valence-electron chi connectivity index (χ3n) is 3.52. The van der Waals surface area contributed by atoms with Crippen molar-refractivity contribution in [3.63, 3.8) is 0 Å². The summed E-state index contributed by atoms with van der Waals surface area (Å²) in [6, 6.07) is 4.30. The number of carbonyl (C=O) groups excluding carboxylic acids is 1. The maximum atomic E-state index is 13.3. The second-order valence-electron chi connectivity index (χ2n) is 4.90. The van der Waals surface area contributed by atoms with Gasteiger partial charge in [0.25, 0.3) is 5.91 Å². The summed E-state index contributed by atoms with van der Waals surface area (Å²) < 4.78 is 18.2. The van der Waals surface area contributed by atoms with Gasteiger partial charge in [-0.3, -0.25) is 4.79 Å². The van der Waals surface area contributed by atoms with Crippen LogP contribution in [-0.4, -0.2) is 32.1 Å². The molecule has 4 nitrogen and oxygen atoms in total. The molecule has 6 heteroatoms. The number of methoxy groups -OCH3 is 1. The second-order valence-corrected chi connectivity index (χ2v) is 4.90. The lowest BCUT2D eigenvalue weighted by Gasteiger charge is -2.30. The number of halogens is 2. The van der Waals surface area contributed by atoms with Crippen molar-refractivity contribution in [1.29, 1.82) is 0 Å². The molecule has 2 atom stereocenters. The fraction of sp³-hybridized carbons (Fsp3) is 0.500. The van der Waals surface area contributed by atoms with Gasteiger partial charge in [-0.05, 0) is 43.6 Å². The van der Waals surface area contributed by atoms with Gasteiger partial charge < -0.3 is 15.4 Å². The molecule has 1 aliphatic heterocycles. The summed E-state index contributed by atoms with van der Waals surface area (Å²) in [5.74, 6) is -0.169. The average Bonchev–Trinajstić information content (AvgIpc) is 2.42. The predicted octanol–water partition coefficient (Wildman–Crippen LogP) is 1.98. The molecule has 2 rings (SSSR count). The van der Waals surface area contributed by atoms with E-state index in [9.17, 15) is 9.18 Å². The van der Waals surface area contributed by atoms with Crippen molar-refractivity contribution in [3.8, 4) is 5.75 Å². The molecule has 0 spiro atoms. The van der Waals surface area contributed by atoms with Crippen LogP contribution in [0.3, 0.4) is 0 Å². The van der Waals surface area contributed by atoms with Crippen LogP contribution in [0.25, 0.3) is 0 Å². The number of ether oxygens (including phenoxy) is 1. The summed E-state index contributed by atoms with van der Waals surface area (Å²) in [5.41, 5.74) is 0.420. The largest absolute Gasteiger partial charge is 0.494 e. The Hall–Kier alpha value is -1.33. The summed E-state index contributed by atoms with van der Waals surface area (Å²) >= 11 is 0. The molecule has 2 N–H and O–H groups in total. The molecule has 1 aromatic rings. The molecule has 0 saturated carbocycles. The monoisotopic (exact) mass is 302 g/mol. The van der Waals surface area contributed by atoms with Gasteiger partial charge in [-0.25, -0.2) is 4.39 Å². The van der Waals surface area contributed by atoms with Gasteiger partial charge >= 0.3 is 0 Å². The van der Waals surface area contributed by atoms with E-state index in [1.165, 1.54) is 25.3 Å². The van der Waals surface area contributed by atoms with Crippen LogP contribution in [0.5, 0.6) is 5.75 Å². The van der Waals surface area contributed by atoms with Gasteiger partial charge in [-0.2, -0.15) is 0 Å². The van der Waals surface area contributed by atoms with E-state index in [-0.39, 0.29) is 30.1 Å². The van der Waals surface area contributed by atoms with Crippen LogP contribution in [-0.2, 0) is 0 Å². The molecule has 0 aliphatic carbocycles. The summed E-state index contributed by atoms with van der Waals surface area (Å²) in [6.07, 6.45) is 0.908. The molecule has 20 heavy (non-hydrogen) atoms. The fourth-order valence-corrected chi connectivity index (χ4v) is 2.28. The third-order valence-corrected chi connectivity index (χ3v) is 3.52. The summed E-state index contributed by atoms with van der Waals surface area (Å²) in [7, 11) is 1.38. The Morgan fingerprint density at radius 1 is 1.50 bits per heavy atom. The zero-order chi connectivity index (χ0) is 13.8. The molecule has 0 aromatic heterocycles. The van der Waals surface area contributed by atoms with Crippen molar-refractivity contribution in [2.24, 2.45) is 5.92 Å². The highest BCUT2D eigenvalue weighted by Gasteiger charge is 2.23. The average molecular weight is 303 g/mol. The van der Waals surface area contributed by atoms with E-state index in [2.05, 4.69) is 17.6 Å². The van der Waals surface area contributed by atoms with Crippen LogP contribution >= 0.6 is 12.4 Å². The Balaban J connectivity index is 0.00000200. The smallest absolute Gasteiger partial charge is 0.251 e. The number of piperidine rings is 1. The lowest BCUT2D eigenvalue weighted by atomic mass is 9.95. The Bertz CT molecular complexity index is 470. The van der Waals surface area contributed by atoms with Crippen LogP contribution in [0.4, 0.5) is 4.39 Å². The summed E-state index contributed by atoms with van der Waals surface area (Å²) in [4.78, 5) is 12.1. The van der Waals surface area contributed by atoms with Gasteiger partial charge in [0.15, 0.2) is 11.6 Å². The van der Waals surface area contributed by atoms with Crippen LogP contribution in [0, 0.1) is 11.7 Å². The second kappa shape index (κ2) is 7.45. The maximum Gasteiger partial charge on any atom is 0.251 e. The maximum absolute atomic E-state index is 13.3. The summed E-state index contributed by atoms with van der Waals surface area (Å²) in [5, 5.41) is 6.28. The standard InChI is InChI=1S/C14H19FN2O2.ClH/c1-9-8-16-6-5-12(9)17-14(18)10-3-4-11(15)13(7-10)19-2;/h3-4,7,9,12,16H,5-6,8H2,1-2H3,(H,17,18);1H. The molecular formula is C14H20ClFN2O2. The minimum atomic E-state index is -0.464. The fourth-order valence-electron chi connectivity index (χ4n) is 2.28. The quantitative estimate of drug-likeness (QED) is 0.898. The van der Waals surface area contributed by atoms with Crippen LogP contribution < -0.4 is 15.4 Å². The molecule has 2 unspecified atom stereocenters. The Morgan fingerprint density at radius 2 is 2.25 bits per heavy atom. The highest BCUT2D eigenvalue weighted by atomic mass is 35.5. The topological polar surface area (TPSA) is 50.4 Å². The molecule has 1 heterocycles. The van der Waals surface area contributed by atoms with Gasteiger partial charge in [-0.1, -0.05) is 6.92 Å². The van der Waals surface area contributed by atoms with Gasteiger partial charge in [0.1, 0.15) is 0 Å². The number of nitrogens with one attached hydrogen (secondary N) is 2. The number of hydrogen-bond donors (Lipinski definition) is 2.